The number of hydrogen-bond acceptors (Lipinski definition) is 1. The summed E-state index contributed by atoms with van der Waals surface area (Å²) in [4.78, 5) is 0. The zero-order valence-corrected chi connectivity index (χ0v) is 31.2. The molecule has 0 N–H and O–H groups in total. The van der Waals surface area contributed by atoms with Gasteiger partial charge in [0.05, 0.1) is 0 Å². The van der Waals surface area contributed by atoms with Crippen molar-refractivity contribution in [2.24, 2.45) is 0 Å². The van der Waals surface area contributed by atoms with Crippen LogP contribution in [0.4, 0.5) is 0 Å². The lowest BCUT2D eigenvalue weighted by atomic mass is 9.80. The van der Waals surface area contributed by atoms with Gasteiger partial charge in [-0.3, -0.25) is 0 Å². The third kappa shape index (κ3) is 4.26. The van der Waals surface area contributed by atoms with E-state index in [1.807, 2.05) is 6.07 Å². The summed E-state index contributed by atoms with van der Waals surface area (Å²) >= 11 is 0. The number of para-hydroxylation sites is 1. The van der Waals surface area contributed by atoms with Gasteiger partial charge in [-0.15, -0.1) is 0 Å². The van der Waals surface area contributed by atoms with Crippen LogP contribution in [0.15, 0.2) is 186 Å². The van der Waals surface area contributed by atoms with E-state index in [4.69, 9.17) is 4.42 Å². The summed E-state index contributed by atoms with van der Waals surface area (Å²) in [5.41, 5.74) is 14.7. The molecule has 12 rings (SSSR count). The zero-order chi connectivity index (χ0) is 37.1. The maximum Gasteiger partial charge on any atom is 0.143 e. The van der Waals surface area contributed by atoms with Gasteiger partial charge in [-0.1, -0.05) is 178 Å². The third-order valence-corrected chi connectivity index (χ3v) is 12.7. The van der Waals surface area contributed by atoms with Crippen LogP contribution >= 0.6 is 0 Å². The molecule has 10 aromatic carbocycles. The highest BCUT2D eigenvalue weighted by atomic mass is 16.3. The molecule has 11 aromatic rings. The van der Waals surface area contributed by atoms with Crippen LogP contribution in [-0.4, -0.2) is 0 Å². The first kappa shape index (κ1) is 31.4. The molecule has 0 bridgehead atoms. The minimum Gasteiger partial charge on any atom is -0.455 e. The Labute approximate surface area is 325 Å². The van der Waals surface area contributed by atoms with Crippen LogP contribution in [0.25, 0.3) is 110 Å². The molecular weight excluding hydrogens is 677 g/mol. The smallest absolute Gasteiger partial charge is 0.143 e. The Bertz CT molecular complexity index is 3380. The average molecular weight is 713 g/mol. The van der Waals surface area contributed by atoms with Crippen molar-refractivity contribution < 1.29 is 4.42 Å². The summed E-state index contributed by atoms with van der Waals surface area (Å²) in [6, 6.07) is 67.1. The largest absolute Gasteiger partial charge is 0.455 e. The second kappa shape index (κ2) is 11.5. The normalized spacial score (nSPS) is 13.3. The van der Waals surface area contributed by atoms with E-state index in [0.717, 1.165) is 11.2 Å². The van der Waals surface area contributed by atoms with E-state index >= 15 is 0 Å². The lowest BCUT2D eigenvalue weighted by Gasteiger charge is -2.23. The van der Waals surface area contributed by atoms with Gasteiger partial charge in [0.2, 0.25) is 0 Å². The zero-order valence-electron chi connectivity index (χ0n) is 31.2. The predicted molar refractivity (Wildman–Crippen MR) is 238 cm³/mol. The van der Waals surface area contributed by atoms with E-state index in [2.05, 4.69) is 190 Å². The summed E-state index contributed by atoms with van der Waals surface area (Å²) in [5, 5.41) is 12.4. The summed E-state index contributed by atoms with van der Waals surface area (Å²) in [6.45, 7) is 4.76. The van der Waals surface area contributed by atoms with Crippen molar-refractivity contribution in [3.05, 3.63) is 193 Å². The molecule has 0 atom stereocenters. The van der Waals surface area contributed by atoms with E-state index in [1.54, 1.807) is 0 Å². The first-order chi connectivity index (χ1) is 27.6. The van der Waals surface area contributed by atoms with Crippen LogP contribution in [0, 0.1) is 0 Å². The van der Waals surface area contributed by atoms with Crippen LogP contribution in [-0.2, 0) is 5.41 Å². The Morgan fingerprint density at radius 2 is 0.821 bits per heavy atom. The second-order valence-corrected chi connectivity index (χ2v) is 15.9. The molecule has 1 aliphatic rings. The van der Waals surface area contributed by atoms with Gasteiger partial charge < -0.3 is 4.42 Å². The molecule has 0 unspecified atom stereocenters. The molecule has 1 heterocycles. The van der Waals surface area contributed by atoms with Gasteiger partial charge in [-0.2, -0.15) is 0 Å². The van der Waals surface area contributed by atoms with Crippen molar-refractivity contribution in [2.45, 2.75) is 19.3 Å². The third-order valence-electron chi connectivity index (χ3n) is 12.7. The second-order valence-electron chi connectivity index (χ2n) is 15.9. The number of rotatable bonds is 3. The van der Waals surface area contributed by atoms with Gasteiger partial charge in [0, 0.05) is 21.6 Å². The van der Waals surface area contributed by atoms with E-state index in [-0.39, 0.29) is 5.41 Å². The van der Waals surface area contributed by atoms with E-state index in [0.29, 0.717) is 0 Å². The van der Waals surface area contributed by atoms with Crippen molar-refractivity contribution in [3.63, 3.8) is 0 Å². The first-order valence-electron chi connectivity index (χ1n) is 19.6. The highest BCUT2D eigenvalue weighted by Gasteiger charge is 2.37. The van der Waals surface area contributed by atoms with Gasteiger partial charge in [-0.25, -0.2) is 0 Å². The lowest BCUT2D eigenvalue weighted by Crippen LogP contribution is -2.15. The van der Waals surface area contributed by atoms with E-state index < -0.39 is 0 Å². The van der Waals surface area contributed by atoms with Gasteiger partial charge in [0.25, 0.3) is 0 Å². The van der Waals surface area contributed by atoms with Crippen LogP contribution < -0.4 is 0 Å². The fourth-order valence-electron chi connectivity index (χ4n) is 10.1. The monoisotopic (exact) mass is 712 g/mol. The maximum absolute atomic E-state index is 6.50. The molecule has 56 heavy (non-hydrogen) atoms. The number of furan rings is 1. The van der Waals surface area contributed by atoms with Crippen LogP contribution in [0.1, 0.15) is 25.0 Å². The van der Waals surface area contributed by atoms with Crippen LogP contribution in [0.3, 0.4) is 0 Å². The van der Waals surface area contributed by atoms with E-state index in [1.165, 1.54) is 109 Å². The molecule has 0 radical (unpaired) electrons. The topological polar surface area (TPSA) is 13.1 Å². The molecule has 0 aliphatic heterocycles. The van der Waals surface area contributed by atoms with Crippen molar-refractivity contribution in [3.8, 4) is 44.5 Å². The standard InChI is InChI=1S/C55H36O/c1-55(2)48-31-30-46-44(28-29-45-38-18-12-13-23-50(38)56-54(45)46)53(48)47-25-24-34(32-49(47)55)35-26-27-43(37-17-7-6-16-36(35)37)52-41-21-10-8-19-39(41)51(33-14-4-3-5-15-33)40-20-9-11-22-42(40)52/h3-32H,1-2H3. The predicted octanol–water partition coefficient (Wildman–Crippen LogP) is 15.5. The van der Waals surface area contributed by atoms with Crippen LogP contribution in [0.2, 0.25) is 0 Å². The molecule has 1 nitrogen and oxygen atoms in total. The lowest BCUT2D eigenvalue weighted by molar-refractivity contribution is 0.660. The van der Waals surface area contributed by atoms with Crippen molar-refractivity contribution in [1.29, 1.82) is 0 Å². The molecule has 0 spiro atoms. The quantitative estimate of drug-likeness (QED) is 0.166. The summed E-state index contributed by atoms with van der Waals surface area (Å²) < 4.78 is 6.50. The van der Waals surface area contributed by atoms with Crippen LogP contribution in [0.5, 0.6) is 0 Å². The minimum atomic E-state index is -0.161. The molecule has 262 valence electrons. The molecule has 0 saturated heterocycles. The Morgan fingerprint density at radius 1 is 0.321 bits per heavy atom. The van der Waals surface area contributed by atoms with Gasteiger partial charge in [-0.05, 0) is 112 Å². The minimum absolute atomic E-state index is 0.161. The highest BCUT2D eigenvalue weighted by molar-refractivity contribution is 6.24. The Hall–Kier alpha value is -6.96. The van der Waals surface area contributed by atoms with Crippen molar-refractivity contribution >= 4 is 65.0 Å². The van der Waals surface area contributed by atoms with Crippen molar-refractivity contribution in [1.82, 2.24) is 0 Å². The summed E-state index contributed by atoms with van der Waals surface area (Å²) in [6.07, 6.45) is 0. The fourth-order valence-corrected chi connectivity index (χ4v) is 10.1. The molecule has 0 saturated carbocycles. The Kier molecular flexibility index (Phi) is 6.46. The van der Waals surface area contributed by atoms with Crippen molar-refractivity contribution in [2.75, 3.05) is 0 Å². The maximum atomic E-state index is 6.50. The molecule has 1 aliphatic carbocycles. The highest BCUT2D eigenvalue weighted by Crippen LogP contribution is 2.54. The summed E-state index contributed by atoms with van der Waals surface area (Å²) in [5.74, 6) is 0. The Balaban J connectivity index is 1.05. The Morgan fingerprint density at radius 3 is 1.54 bits per heavy atom. The van der Waals surface area contributed by atoms with Gasteiger partial charge in [0.1, 0.15) is 11.2 Å². The van der Waals surface area contributed by atoms with Gasteiger partial charge >= 0.3 is 0 Å². The average Bonchev–Trinajstić information content (AvgIpc) is 3.74. The number of hydrogen-bond donors (Lipinski definition) is 0. The summed E-state index contributed by atoms with van der Waals surface area (Å²) in [7, 11) is 0. The molecule has 1 aromatic heterocycles. The SMILES string of the molecule is CC1(C)c2cc(-c3ccc(-c4c5ccccc5c(-c5ccccc5)c5ccccc45)c4ccccc34)ccc2-c2c1ccc1c2ccc2c3ccccc3oc12. The van der Waals surface area contributed by atoms with E-state index in [9.17, 15) is 0 Å². The number of benzene rings is 10. The number of fused-ring (bicyclic) bond motifs is 12. The molecular formula is C55H36O. The molecule has 0 amide bonds. The first-order valence-corrected chi connectivity index (χ1v) is 19.6. The molecule has 1 heteroatoms. The fraction of sp³-hybridized carbons (Fsp3) is 0.0545. The molecule has 0 fully saturated rings. The van der Waals surface area contributed by atoms with Gasteiger partial charge in [0.15, 0.2) is 0 Å².